The highest BCUT2D eigenvalue weighted by Gasteiger charge is 2.27. The number of benzene rings is 2. The molecule has 4 rings (SSSR count). The number of anilines is 1. The van der Waals surface area contributed by atoms with Crippen molar-refractivity contribution in [3.05, 3.63) is 81.7 Å². The fourth-order valence-corrected chi connectivity index (χ4v) is 5.56. The highest BCUT2D eigenvalue weighted by atomic mass is 32.1. The lowest BCUT2D eigenvalue weighted by Gasteiger charge is -2.18. The van der Waals surface area contributed by atoms with Crippen molar-refractivity contribution in [3.63, 3.8) is 0 Å². The van der Waals surface area contributed by atoms with Gasteiger partial charge in [-0.15, -0.1) is 11.3 Å². The first kappa shape index (κ1) is 22.9. The van der Waals surface area contributed by atoms with Crippen molar-refractivity contribution in [1.82, 2.24) is 5.32 Å². The van der Waals surface area contributed by atoms with E-state index in [1.807, 2.05) is 30.3 Å². The van der Waals surface area contributed by atoms with Crippen LogP contribution in [0, 0.1) is 5.92 Å². The molecule has 33 heavy (non-hydrogen) atoms. The van der Waals surface area contributed by atoms with Crippen LogP contribution in [0.2, 0.25) is 0 Å². The molecule has 0 fully saturated rings. The van der Waals surface area contributed by atoms with Crippen molar-refractivity contribution in [2.24, 2.45) is 11.7 Å². The lowest BCUT2D eigenvalue weighted by atomic mass is 9.88. The molecular weight excluding hydrogens is 454 g/mol. The van der Waals surface area contributed by atoms with Gasteiger partial charge in [0.1, 0.15) is 17.4 Å². The lowest BCUT2D eigenvalue weighted by Crippen LogP contribution is -2.34. The van der Waals surface area contributed by atoms with Crippen molar-refractivity contribution in [2.45, 2.75) is 32.8 Å². The Kier molecular flexibility index (Phi) is 7.05. The number of hydrogen-bond donors (Lipinski definition) is 3. The zero-order valence-corrected chi connectivity index (χ0v) is 19.9. The minimum Gasteiger partial charge on any atom is -0.489 e. The van der Waals surface area contributed by atoms with Gasteiger partial charge in [-0.3, -0.25) is 14.9 Å². The predicted molar refractivity (Wildman–Crippen MR) is 135 cm³/mol. The number of thiocarbonyl (C=S) groups is 1. The first-order valence-corrected chi connectivity index (χ1v) is 12.0. The molecule has 1 aliphatic rings. The first-order chi connectivity index (χ1) is 15.9. The van der Waals surface area contributed by atoms with Crippen LogP contribution in [0.3, 0.4) is 0 Å². The Morgan fingerprint density at radius 2 is 1.97 bits per heavy atom. The maximum atomic E-state index is 12.7. The van der Waals surface area contributed by atoms with Crippen molar-refractivity contribution >= 4 is 45.5 Å². The summed E-state index contributed by atoms with van der Waals surface area (Å²) in [6, 6.07) is 16.7. The Morgan fingerprint density at radius 1 is 1.18 bits per heavy atom. The second-order valence-electron chi connectivity index (χ2n) is 8.13. The fourth-order valence-electron chi connectivity index (χ4n) is 3.88. The molecule has 1 atom stereocenters. The first-order valence-electron chi connectivity index (χ1n) is 10.7. The van der Waals surface area contributed by atoms with Crippen LogP contribution in [0.5, 0.6) is 5.75 Å². The Morgan fingerprint density at radius 3 is 2.73 bits per heavy atom. The molecule has 6 nitrogen and oxygen atoms in total. The van der Waals surface area contributed by atoms with Crippen molar-refractivity contribution in [3.8, 4) is 5.75 Å². The van der Waals surface area contributed by atoms with Crippen LogP contribution in [0.4, 0.5) is 5.00 Å². The number of ether oxygens (including phenoxy) is 1. The minimum absolute atomic E-state index is 0.116. The normalized spacial score (nSPS) is 14.8. The zero-order chi connectivity index (χ0) is 23.4. The largest absolute Gasteiger partial charge is 0.489 e. The number of rotatable bonds is 6. The molecule has 2 aromatic carbocycles. The third-order valence-corrected chi connectivity index (χ3v) is 6.93. The summed E-state index contributed by atoms with van der Waals surface area (Å²) in [6.07, 6.45) is 2.76. The molecule has 1 aliphatic carbocycles. The number of amides is 2. The molecule has 1 aromatic heterocycles. The van der Waals surface area contributed by atoms with Crippen LogP contribution in [-0.4, -0.2) is 16.9 Å². The van der Waals surface area contributed by atoms with Gasteiger partial charge in [-0.25, -0.2) is 0 Å². The molecule has 0 saturated heterocycles. The molecule has 0 aliphatic heterocycles. The van der Waals surface area contributed by atoms with Gasteiger partial charge < -0.3 is 15.8 Å². The van der Waals surface area contributed by atoms with Gasteiger partial charge >= 0.3 is 0 Å². The monoisotopic (exact) mass is 479 g/mol. The third-order valence-electron chi connectivity index (χ3n) is 5.56. The van der Waals surface area contributed by atoms with E-state index in [0.717, 1.165) is 35.3 Å². The molecule has 0 radical (unpaired) electrons. The number of nitrogens with two attached hydrogens (primary N) is 1. The van der Waals surface area contributed by atoms with E-state index in [4.69, 9.17) is 22.7 Å². The van der Waals surface area contributed by atoms with E-state index >= 15 is 0 Å². The van der Waals surface area contributed by atoms with Crippen LogP contribution >= 0.6 is 23.6 Å². The van der Waals surface area contributed by atoms with Crippen molar-refractivity contribution in [1.29, 1.82) is 0 Å². The summed E-state index contributed by atoms with van der Waals surface area (Å²) >= 11 is 6.83. The fraction of sp³-hybridized carbons (Fsp3) is 0.240. The van der Waals surface area contributed by atoms with Crippen LogP contribution in [0.25, 0.3) is 0 Å². The summed E-state index contributed by atoms with van der Waals surface area (Å²) < 4.78 is 5.80. The number of carbonyl (C=O) groups is 2. The van der Waals surface area contributed by atoms with Crippen LogP contribution in [0.15, 0.2) is 54.6 Å². The molecule has 0 spiro atoms. The van der Waals surface area contributed by atoms with Gasteiger partial charge in [-0.2, -0.15) is 0 Å². The lowest BCUT2D eigenvalue weighted by molar-refractivity contribution is 0.0975. The Labute approximate surface area is 202 Å². The van der Waals surface area contributed by atoms with E-state index in [2.05, 4.69) is 17.6 Å². The average Bonchev–Trinajstić information content (AvgIpc) is 3.15. The number of carbonyl (C=O) groups excluding carboxylic acids is 2. The van der Waals surface area contributed by atoms with E-state index in [9.17, 15) is 9.59 Å². The second-order valence-corrected chi connectivity index (χ2v) is 9.64. The maximum Gasteiger partial charge on any atom is 0.257 e. The molecule has 4 N–H and O–H groups in total. The quantitative estimate of drug-likeness (QED) is 0.447. The third kappa shape index (κ3) is 5.58. The molecule has 0 saturated carbocycles. The van der Waals surface area contributed by atoms with E-state index < -0.39 is 5.91 Å². The standard InChI is InChI=1S/C25H25N3O3S2/c1-15-10-11-19-20(12-15)33-24(21(19)22(26)29)28-25(32)27-23(30)17-8-5-9-18(13-17)31-14-16-6-3-2-4-7-16/h2-9,13,15H,10-12,14H2,1H3,(H2,26,29)(H2,27,28,30,32)/t15-/m1/s1. The minimum atomic E-state index is -0.484. The summed E-state index contributed by atoms with van der Waals surface area (Å²) in [7, 11) is 0. The smallest absolute Gasteiger partial charge is 0.257 e. The van der Waals surface area contributed by atoms with E-state index in [1.165, 1.54) is 11.3 Å². The Balaban J connectivity index is 1.41. The van der Waals surface area contributed by atoms with Crippen LogP contribution < -0.4 is 21.1 Å². The summed E-state index contributed by atoms with van der Waals surface area (Å²) in [5, 5.41) is 6.40. The Hall–Kier alpha value is -3.23. The van der Waals surface area contributed by atoms with Crippen molar-refractivity contribution in [2.75, 3.05) is 5.32 Å². The molecule has 0 unspecified atom stereocenters. The summed E-state index contributed by atoms with van der Waals surface area (Å²) in [6.45, 7) is 2.60. The van der Waals surface area contributed by atoms with Gasteiger partial charge in [0.15, 0.2) is 5.11 Å². The molecule has 2 amide bonds. The highest BCUT2D eigenvalue weighted by Crippen LogP contribution is 2.39. The van der Waals surface area contributed by atoms with Gasteiger partial charge in [0, 0.05) is 10.4 Å². The number of primary amides is 1. The summed E-state index contributed by atoms with van der Waals surface area (Å²) in [5.74, 6) is 0.296. The molecule has 3 aromatic rings. The van der Waals surface area contributed by atoms with Gasteiger partial charge in [0.2, 0.25) is 0 Å². The molecule has 1 heterocycles. The SMILES string of the molecule is C[C@@H]1CCc2c(sc(NC(=S)NC(=O)c3cccc(OCc4ccccc4)c3)c2C(N)=O)C1. The van der Waals surface area contributed by atoms with Crippen molar-refractivity contribution < 1.29 is 14.3 Å². The van der Waals surface area contributed by atoms with E-state index in [1.54, 1.807) is 24.3 Å². The average molecular weight is 480 g/mol. The molecule has 0 bridgehead atoms. The second kappa shape index (κ2) is 10.1. The van der Waals surface area contributed by atoms with Crippen LogP contribution in [0.1, 0.15) is 50.1 Å². The highest BCUT2D eigenvalue weighted by molar-refractivity contribution is 7.80. The summed E-state index contributed by atoms with van der Waals surface area (Å²) in [5.41, 5.74) is 8.60. The number of thiophene rings is 1. The van der Waals surface area contributed by atoms with E-state index in [0.29, 0.717) is 34.4 Å². The molecule has 8 heteroatoms. The van der Waals surface area contributed by atoms with Gasteiger partial charge in [-0.05, 0) is 66.7 Å². The molecular formula is C25H25N3O3S2. The van der Waals surface area contributed by atoms with Crippen LogP contribution in [-0.2, 0) is 19.4 Å². The summed E-state index contributed by atoms with van der Waals surface area (Å²) in [4.78, 5) is 26.0. The van der Waals surface area contributed by atoms with E-state index in [-0.39, 0.29) is 11.0 Å². The van der Waals surface area contributed by atoms with Gasteiger partial charge in [0.05, 0.1) is 5.56 Å². The number of fused-ring (bicyclic) bond motifs is 1. The van der Waals surface area contributed by atoms with Gasteiger partial charge in [-0.1, -0.05) is 43.3 Å². The number of nitrogens with one attached hydrogen (secondary N) is 2. The Bertz CT molecular complexity index is 1190. The van der Waals surface area contributed by atoms with Gasteiger partial charge in [0.25, 0.3) is 11.8 Å². The maximum absolute atomic E-state index is 12.7. The number of hydrogen-bond acceptors (Lipinski definition) is 5. The predicted octanol–water partition coefficient (Wildman–Crippen LogP) is 4.68. The zero-order valence-electron chi connectivity index (χ0n) is 18.2. The topological polar surface area (TPSA) is 93.4 Å². The molecule has 170 valence electrons.